The Morgan fingerprint density at radius 1 is 1.14 bits per heavy atom. The molecule has 1 aromatic carbocycles. The van der Waals surface area contributed by atoms with E-state index in [4.69, 9.17) is 25.2 Å². The van der Waals surface area contributed by atoms with Crippen LogP contribution >= 0.6 is 0 Å². The van der Waals surface area contributed by atoms with Gasteiger partial charge in [-0.1, -0.05) is 37.3 Å². The molecule has 162 valence electrons. The summed E-state index contributed by atoms with van der Waals surface area (Å²) in [5, 5.41) is 37.4. The first-order chi connectivity index (χ1) is 13.7. The molecule has 9 nitrogen and oxygen atoms in total. The quantitative estimate of drug-likeness (QED) is 0.381. The molecule has 1 aliphatic heterocycles. The van der Waals surface area contributed by atoms with E-state index in [-0.39, 0.29) is 0 Å². The van der Waals surface area contributed by atoms with Gasteiger partial charge in [0.15, 0.2) is 5.60 Å². The van der Waals surface area contributed by atoms with E-state index in [2.05, 4.69) is 42.6 Å². The van der Waals surface area contributed by atoms with E-state index in [1.54, 1.807) is 0 Å². The molecule has 2 atom stereocenters. The lowest BCUT2D eigenvalue weighted by atomic mass is 9.96. The number of aliphatic hydroxyl groups is 1. The van der Waals surface area contributed by atoms with Crippen molar-refractivity contribution in [2.45, 2.75) is 56.8 Å². The van der Waals surface area contributed by atoms with E-state index in [9.17, 15) is 14.4 Å². The van der Waals surface area contributed by atoms with Gasteiger partial charge in [-0.2, -0.15) is 0 Å². The Labute approximate surface area is 169 Å². The van der Waals surface area contributed by atoms with Crippen LogP contribution in [-0.2, 0) is 25.5 Å². The summed E-state index contributed by atoms with van der Waals surface area (Å²) >= 11 is 0. The van der Waals surface area contributed by atoms with Gasteiger partial charge in [0, 0.05) is 12.6 Å². The average molecular weight is 411 g/mol. The maximum atomic E-state index is 10.3. The first-order valence-electron chi connectivity index (χ1n) is 9.46. The smallest absolute Gasteiger partial charge is 0.336 e. The second-order valence-electron chi connectivity index (χ2n) is 6.88. The molecule has 29 heavy (non-hydrogen) atoms. The highest BCUT2D eigenvalue weighted by Crippen LogP contribution is 2.18. The molecule has 9 heteroatoms. The van der Waals surface area contributed by atoms with Crippen molar-refractivity contribution in [1.29, 1.82) is 0 Å². The van der Waals surface area contributed by atoms with Gasteiger partial charge in [-0.3, -0.25) is 9.59 Å². The average Bonchev–Trinajstić information content (AvgIpc) is 3.16. The summed E-state index contributed by atoms with van der Waals surface area (Å²) in [6, 6.07) is 11.1. The number of rotatable bonds is 10. The maximum absolute atomic E-state index is 10.3. The van der Waals surface area contributed by atoms with Crippen LogP contribution < -0.4 is 5.32 Å². The summed E-state index contributed by atoms with van der Waals surface area (Å²) in [6.07, 6.45) is 1.59. The number of ether oxygens (including phenoxy) is 1. The van der Waals surface area contributed by atoms with Gasteiger partial charge in [0.1, 0.15) is 0 Å². The van der Waals surface area contributed by atoms with Gasteiger partial charge in [-0.05, 0) is 31.4 Å². The number of hydrogen-bond acceptors (Lipinski definition) is 6. The molecular formula is C20H29NO8. The first-order valence-corrected chi connectivity index (χ1v) is 9.46. The van der Waals surface area contributed by atoms with Crippen molar-refractivity contribution >= 4 is 17.9 Å². The summed E-state index contributed by atoms with van der Waals surface area (Å²) in [7, 11) is 0. The number of carboxylic acids is 3. The maximum Gasteiger partial charge on any atom is 0.336 e. The van der Waals surface area contributed by atoms with Crippen LogP contribution in [0.25, 0.3) is 0 Å². The monoisotopic (exact) mass is 411 g/mol. The number of aliphatic carboxylic acids is 3. The standard InChI is InChI=1S/C14H21NO.C6H8O7/c1-2-15-13(14-9-6-10-16-14)11-12-7-4-3-5-8-12;7-3(8)1-6(13,5(11)12)2-4(9)10/h3-5,7-8,13-15H,2,6,9-11H2,1H3;13H,1-2H2,(H,7,8)(H,9,10)(H,11,12). The van der Waals surface area contributed by atoms with E-state index >= 15 is 0 Å². The third-order valence-electron chi connectivity index (χ3n) is 4.46. The Morgan fingerprint density at radius 3 is 2.14 bits per heavy atom. The van der Waals surface area contributed by atoms with Gasteiger partial charge in [0.2, 0.25) is 0 Å². The molecule has 0 aliphatic carbocycles. The van der Waals surface area contributed by atoms with Gasteiger partial charge in [-0.15, -0.1) is 0 Å². The molecule has 2 rings (SSSR count). The van der Waals surface area contributed by atoms with Crippen LogP contribution in [0.1, 0.15) is 38.2 Å². The van der Waals surface area contributed by atoms with E-state index in [1.807, 2.05) is 0 Å². The van der Waals surface area contributed by atoms with Crippen molar-refractivity contribution in [3.05, 3.63) is 35.9 Å². The minimum absolute atomic E-state index is 0.403. The summed E-state index contributed by atoms with van der Waals surface area (Å²) in [5.74, 6) is -5.02. The summed E-state index contributed by atoms with van der Waals surface area (Å²) in [5.41, 5.74) is -1.35. The lowest BCUT2D eigenvalue weighted by molar-refractivity contribution is -0.170. The molecule has 2 unspecified atom stereocenters. The highest BCUT2D eigenvalue weighted by Gasteiger charge is 2.40. The second kappa shape index (κ2) is 12.2. The SMILES string of the molecule is CCNC(Cc1ccccc1)C1CCCO1.O=C(O)CC(O)(CC(=O)O)C(=O)O. The zero-order valence-corrected chi connectivity index (χ0v) is 16.4. The molecule has 5 N–H and O–H groups in total. The van der Waals surface area contributed by atoms with Crippen molar-refractivity contribution in [3.8, 4) is 0 Å². The Balaban J connectivity index is 0.000000298. The molecule has 0 amide bonds. The van der Waals surface area contributed by atoms with Crippen LogP contribution in [0.3, 0.4) is 0 Å². The molecule has 0 bridgehead atoms. The van der Waals surface area contributed by atoms with Crippen LogP contribution in [0, 0.1) is 0 Å². The minimum atomic E-state index is -2.74. The van der Waals surface area contributed by atoms with Gasteiger partial charge in [-0.25, -0.2) is 4.79 Å². The Hall–Kier alpha value is -2.49. The van der Waals surface area contributed by atoms with Crippen molar-refractivity contribution in [2.75, 3.05) is 13.2 Å². The molecule has 1 fully saturated rings. The van der Waals surface area contributed by atoms with Crippen LogP contribution in [0.2, 0.25) is 0 Å². The third kappa shape index (κ3) is 9.03. The lowest BCUT2D eigenvalue weighted by Crippen LogP contribution is -2.42. The molecule has 1 aromatic rings. The molecule has 0 saturated carbocycles. The van der Waals surface area contributed by atoms with Crippen molar-refractivity contribution < 1.29 is 39.5 Å². The summed E-state index contributed by atoms with van der Waals surface area (Å²) < 4.78 is 5.78. The van der Waals surface area contributed by atoms with Crippen molar-refractivity contribution in [1.82, 2.24) is 5.32 Å². The second-order valence-corrected chi connectivity index (χ2v) is 6.88. The number of benzene rings is 1. The predicted molar refractivity (Wildman–Crippen MR) is 104 cm³/mol. The predicted octanol–water partition coefficient (Wildman–Crippen LogP) is 1.14. The van der Waals surface area contributed by atoms with Crippen LogP contribution in [0.15, 0.2) is 30.3 Å². The van der Waals surface area contributed by atoms with E-state index in [0.717, 1.165) is 19.6 Å². The molecule has 1 heterocycles. The molecule has 0 radical (unpaired) electrons. The minimum Gasteiger partial charge on any atom is -0.481 e. The normalized spacial score (nSPS) is 17.1. The van der Waals surface area contributed by atoms with E-state index < -0.39 is 36.4 Å². The topological polar surface area (TPSA) is 153 Å². The van der Waals surface area contributed by atoms with Crippen molar-refractivity contribution in [2.24, 2.45) is 0 Å². The molecule has 0 aromatic heterocycles. The zero-order valence-electron chi connectivity index (χ0n) is 16.4. The van der Waals surface area contributed by atoms with Crippen LogP contribution in [0.4, 0.5) is 0 Å². The fourth-order valence-electron chi connectivity index (χ4n) is 3.10. The summed E-state index contributed by atoms with van der Waals surface area (Å²) in [6.45, 7) is 4.10. The fourth-order valence-corrected chi connectivity index (χ4v) is 3.10. The van der Waals surface area contributed by atoms with Gasteiger partial charge < -0.3 is 30.5 Å². The highest BCUT2D eigenvalue weighted by atomic mass is 16.5. The number of nitrogens with one attached hydrogen (secondary N) is 1. The number of hydrogen-bond donors (Lipinski definition) is 5. The number of likely N-dealkylation sites (N-methyl/N-ethyl adjacent to an activating group) is 1. The van der Waals surface area contributed by atoms with Crippen molar-refractivity contribution in [3.63, 3.8) is 0 Å². The molecule has 1 saturated heterocycles. The Morgan fingerprint density at radius 2 is 1.72 bits per heavy atom. The molecular weight excluding hydrogens is 382 g/mol. The zero-order chi connectivity index (χ0) is 21.9. The third-order valence-corrected chi connectivity index (χ3v) is 4.46. The molecule has 0 spiro atoms. The van der Waals surface area contributed by atoms with E-state index in [1.165, 1.54) is 18.4 Å². The van der Waals surface area contributed by atoms with Gasteiger partial charge in [0.05, 0.1) is 18.9 Å². The lowest BCUT2D eigenvalue weighted by Gasteiger charge is -2.23. The first kappa shape index (κ1) is 24.5. The Bertz CT molecular complexity index is 642. The van der Waals surface area contributed by atoms with Crippen LogP contribution in [0.5, 0.6) is 0 Å². The van der Waals surface area contributed by atoms with Gasteiger partial charge in [0.25, 0.3) is 0 Å². The van der Waals surface area contributed by atoms with Crippen LogP contribution in [-0.4, -0.2) is 69.2 Å². The largest absolute Gasteiger partial charge is 0.481 e. The molecule has 1 aliphatic rings. The van der Waals surface area contributed by atoms with Gasteiger partial charge >= 0.3 is 17.9 Å². The fraction of sp³-hybridized carbons (Fsp3) is 0.550. The number of carboxylic acid groups (broad SMARTS) is 3. The summed E-state index contributed by atoms with van der Waals surface area (Å²) in [4.78, 5) is 30.5. The number of carbonyl (C=O) groups is 3. The Kier molecular flexibility index (Phi) is 10.3. The van der Waals surface area contributed by atoms with E-state index in [0.29, 0.717) is 12.1 Å². The highest BCUT2D eigenvalue weighted by molar-refractivity contribution is 5.88.